The van der Waals surface area contributed by atoms with E-state index in [1.807, 2.05) is 12.1 Å². The van der Waals surface area contributed by atoms with Crippen molar-refractivity contribution in [2.24, 2.45) is 5.41 Å². The van der Waals surface area contributed by atoms with Gasteiger partial charge >= 0.3 is 0 Å². The number of hydrogen-bond acceptors (Lipinski definition) is 1. The van der Waals surface area contributed by atoms with Gasteiger partial charge in [0.05, 0.1) is 10.0 Å². The Kier molecular flexibility index (Phi) is 4.81. The summed E-state index contributed by atoms with van der Waals surface area (Å²) in [4.78, 5) is 0. The van der Waals surface area contributed by atoms with Gasteiger partial charge in [-0.3, -0.25) is 0 Å². The molecule has 1 aromatic carbocycles. The highest BCUT2D eigenvalue weighted by Gasteiger charge is 2.33. The van der Waals surface area contributed by atoms with Gasteiger partial charge in [0.15, 0.2) is 0 Å². The summed E-state index contributed by atoms with van der Waals surface area (Å²) in [6.07, 6.45) is 5.20. The Morgan fingerprint density at radius 1 is 1.26 bits per heavy atom. The average molecular weight is 300 g/mol. The van der Waals surface area contributed by atoms with Crippen molar-refractivity contribution in [3.63, 3.8) is 0 Å². The van der Waals surface area contributed by atoms with Crippen molar-refractivity contribution in [3.05, 3.63) is 33.8 Å². The highest BCUT2D eigenvalue weighted by Crippen LogP contribution is 2.37. The van der Waals surface area contributed by atoms with E-state index in [9.17, 15) is 0 Å². The largest absolute Gasteiger partial charge is 0.307 e. The molecular formula is C16H23Cl2N. The third-order valence-electron chi connectivity index (χ3n) is 4.41. The summed E-state index contributed by atoms with van der Waals surface area (Å²) in [5, 5.41) is 5.06. The molecule has 0 aromatic heterocycles. The maximum absolute atomic E-state index is 6.30. The van der Waals surface area contributed by atoms with Gasteiger partial charge in [0.2, 0.25) is 0 Å². The molecule has 2 rings (SSSR count). The van der Waals surface area contributed by atoms with Crippen molar-refractivity contribution in [3.8, 4) is 0 Å². The van der Waals surface area contributed by atoms with Crippen molar-refractivity contribution in [2.45, 2.75) is 58.5 Å². The van der Waals surface area contributed by atoms with Crippen LogP contribution in [-0.2, 0) is 0 Å². The fourth-order valence-electron chi connectivity index (χ4n) is 3.05. The Balaban J connectivity index is 2.12. The first-order valence-corrected chi connectivity index (χ1v) is 7.87. The van der Waals surface area contributed by atoms with Gasteiger partial charge in [0.25, 0.3) is 0 Å². The van der Waals surface area contributed by atoms with E-state index in [2.05, 4.69) is 32.2 Å². The number of halogens is 2. The molecule has 0 heterocycles. The Hall–Kier alpha value is -0.240. The van der Waals surface area contributed by atoms with Crippen LogP contribution in [0.15, 0.2) is 18.2 Å². The quantitative estimate of drug-likeness (QED) is 0.764. The van der Waals surface area contributed by atoms with Crippen LogP contribution in [-0.4, -0.2) is 6.04 Å². The molecule has 1 fully saturated rings. The molecule has 2 unspecified atom stereocenters. The molecule has 1 saturated carbocycles. The van der Waals surface area contributed by atoms with E-state index >= 15 is 0 Å². The van der Waals surface area contributed by atoms with E-state index in [1.54, 1.807) is 0 Å². The van der Waals surface area contributed by atoms with Crippen molar-refractivity contribution in [1.82, 2.24) is 5.32 Å². The van der Waals surface area contributed by atoms with E-state index in [1.165, 1.54) is 25.7 Å². The van der Waals surface area contributed by atoms with Crippen LogP contribution in [0, 0.1) is 5.41 Å². The van der Waals surface area contributed by atoms with Crippen LogP contribution < -0.4 is 5.32 Å². The van der Waals surface area contributed by atoms with Crippen molar-refractivity contribution < 1.29 is 0 Å². The van der Waals surface area contributed by atoms with Crippen LogP contribution in [0.2, 0.25) is 10.0 Å². The highest BCUT2D eigenvalue weighted by molar-refractivity contribution is 6.42. The SMILES string of the molecule is CC(NC1CCCCC1(C)C)c1cccc(Cl)c1Cl. The summed E-state index contributed by atoms with van der Waals surface area (Å²) >= 11 is 12.4. The molecule has 3 heteroatoms. The molecule has 2 atom stereocenters. The zero-order chi connectivity index (χ0) is 14.0. The van der Waals surface area contributed by atoms with Crippen LogP contribution in [0.1, 0.15) is 58.1 Å². The molecular weight excluding hydrogens is 277 g/mol. The van der Waals surface area contributed by atoms with E-state index in [0.29, 0.717) is 21.5 Å². The Morgan fingerprint density at radius 3 is 2.68 bits per heavy atom. The first kappa shape index (κ1) is 15.2. The third-order valence-corrected chi connectivity index (χ3v) is 5.24. The predicted molar refractivity (Wildman–Crippen MR) is 84.0 cm³/mol. The van der Waals surface area contributed by atoms with Crippen LogP contribution in [0.25, 0.3) is 0 Å². The van der Waals surface area contributed by atoms with Gasteiger partial charge in [0.1, 0.15) is 0 Å². The van der Waals surface area contributed by atoms with Crippen molar-refractivity contribution in [1.29, 1.82) is 0 Å². The van der Waals surface area contributed by atoms with E-state index in [4.69, 9.17) is 23.2 Å². The van der Waals surface area contributed by atoms with Gasteiger partial charge < -0.3 is 5.32 Å². The zero-order valence-electron chi connectivity index (χ0n) is 12.0. The van der Waals surface area contributed by atoms with Gasteiger partial charge in [0, 0.05) is 12.1 Å². The highest BCUT2D eigenvalue weighted by atomic mass is 35.5. The van der Waals surface area contributed by atoms with Gasteiger partial charge in [-0.05, 0) is 36.8 Å². The lowest BCUT2D eigenvalue weighted by atomic mass is 9.73. The fourth-order valence-corrected chi connectivity index (χ4v) is 3.52. The van der Waals surface area contributed by atoms with Gasteiger partial charge in [-0.15, -0.1) is 0 Å². The summed E-state index contributed by atoms with van der Waals surface area (Å²) in [6.45, 7) is 6.88. The molecule has 1 nitrogen and oxygen atoms in total. The molecule has 1 aliphatic rings. The lowest BCUT2D eigenvalue weighted by molar-refractivity contribution is 0.157. The minimum absolute atomic E-state index is 0.230. The molecule has 0 saturated heterocycles. The van der Waals surface area contributed by atoms with Gasteiger partial charge in [-0.2, -0.15) is 0 Å². The molecule has 0 aliphatic heterocycles. The second-order valence-electron chi connectivity index (χ2n) is 6.32. The maximum Gasteiger partial charge on any atom is 0.0639 e. The predicted octanol–water partition coefficient (Wildman–Crippen LogP) is 5.61. The standard InChI is InChI=1S/C16H23Cl2N/c1-11(12-7-6-8-13(17)15(12)18)19-14-9-4-5-10-16(14,2)3/h6-8,11,14,19H,4-5,9-10H2,1-3H3. The van der Waals surface area contributed by atoms with E-state index < -0.39 is 0 Å². The summed E-state index contributed by atoms with van der Waals surface area (Å²) < 4.78 is 0. The van der Waals surface area contributed by atoms with E-state index in [0.717, 1.165) is 5.56 Å². The molecule has 0 radical (unpaired) electrons. The maximum atomic E-state index is 6.30. The second-order valence-corrected chi connectivity index (χ2v) is 7.10. The Bertz CT molecular complexity index is 442. The average Bonchev–Trinajstić information content (AvgIpc) is 2.35. The minimum Gasteiger partial charge on any atom is -0.307 e. The van der Waals surface area contributed by atoms with Crippen LogP contribution in [0.5, 0.6) is 0 Å². The molecule has 1 N–H and O–H groups in total. The fraction of sp³-hybridized carbons (Fsp3) is 0.625. The summed E-state index contributed by atoms with van der Waals surface area (Å²) in [6, 6.07) is 6.64. The third kappa shape index (κ3) is 3.45. The number of nitrogens with one attached hydrogen (secondary N) is 1. The van der Waals surface area contributed by atoms with Crippen LogP contribution in [0.3, 0.4) is 0 Å². The van der Waals surface area contributed by atoms with Gasteiger partial charge in [-0.1, -0.05) is 62.0 Å². The number of rotatable bonds is 3. The molecule has 0 spiro atoms. The van der Waals surface area contributed by atoms with E-state index in [-0.39, 0.29) is 6.04 Å². The summed E-state index contributed by atoms with van der Waals surface area (Å²) in [7, 11) is 0. The van der Waals surface area contributed by atoms with Crippen LogP contribution >= 0.6 is 23.2 Å². The smallest absolute Gasteiger partial charge is 0.0639 e. The van der Waals surface area contributed by atoms with Crippen LogP contribution in [0.4, 0.5) is 0 Å². The molecule has 1 aromatic rings. The first-order chi connectivity index (χ1) is 8.92. The molecule has 1 aliphatic carbocycles. The summed E-state index contributed by atoms with van der Waals surface area (Å²) in [5.41, 5.74) is 1.45. The Morgan fingerprint density at radius 2 is 2.00 bits per heavy atom. The molecule has 0 bridgehead atoms. The monoisotopic (exact) mass is 299 g/mol. The first-order valence-electron chi connectivity index (χ1n) is 7.12. The second kappa shape index (κ2) is 6.03. The normalized spacial score (nSPS) is 24.2. The number of benzene rings is 1. The van der Waals surface area contributed by atoms with Crippen molar-refractivity contribution in [2.75, 3.05) is 0 Å². The zero-order valence-corrected chi connectivity index (χ0v) is 13.5. The number of hydrogen-bond donors (Lipinski definition) is 1. The van der Waals surface area contributed by atoms with Gasteiger partial charge in [-0.25, -0.2) is 0 Å². The Labute approximate surface area is 126 Å². The lowest BCUT2D eigenvalue weighted by Crippen LogP contribution is -2.45. The summed E-state index contributed by atoms with van der Waals surface area (Å²) in [5.74, 6) is 0. The molecule has 19 heavy (non-hydrogen) atoms. The molecule has 0 amide bonds. The topological polar surface area (TPSA) is 12.0 Å². The minimum atomic E-state index is 0.230. The molecule has 106 valence electrons. The lowest BCUT2D eigenvalue weighted by Gasteiger charge is -2.41. The van der Waals surface area contributed by atoms with Crippen molar-refractivity contribution >= 4 is 23.2 Å².